The molecule has 0 aromatic carbocycles. The van der Waals surface area contributed by atoms with E-state index in [-0.39, 0.29) is 0 Å². The molecule has 0 amide bonds. The molecule has 0 unspecified atom stereocenters. The van der Waals surface area contributed by atoms with E-state index < -0.39 is 0 Å². The van der Waals surface area contributed by atoms with E-state index in [1.165, 1.54) is 4.80 Å². The summed E-state index contributed by atoms with van der Waals surface area (Å²) in [6, 6.07) is 1.87. The van der Waals surface area contributed by atoms with Gasteiger partial charge in [-0.25, -0.2) is 0 Å². The number of pyridine rings is 1. The lowest BCUT2D eigenvalue weighted by molar-refractivity contribution is 0.308. The van der Waals surface area contributed by atoms with Gasteiger partial charge in [0.2, 0.25) is 5.82 Å². The van der Waals surface area contributed by atoms with Gasteiger partial charge in [-0.1, -0.05) is 13.3 Å². The van der Waals surface area contributed by atoms with Crippen LogP contribution in [0.4, 0.5) is 0 Å². The van der Waals surface area contributed by atoms with E-state index in [1.54, 1.807) is 19.4 Å². The fourth-order valence-corrected chi connectivity index (χ4v) is 1.35. The highest BCUT2D eigenvalue weighted by molar-refractivity contribution is 5.54. The van der Waals surface area contributed by atoms with Crippen LogP contribution in [-0.2, 0) is 7.05 Å². The highest BCUT2D eigenvalue weighted by atomic mass is 16.5. The Bertz CT molecular complexity index is 482. The second kappa shape index (κ2) is 5.38. The standard InChI is InChI=1S/C11H15N5O/c1-3-4-5-17-10-6-9(7-12-8-10)11-13-15-16(2)14-11/h6-8H,3-5H2,1-2H3. The first-order chi connectivity index (χ1) is 8.29. The van der Waals surface area contributed by atoms with Crippen LogP contribution in [-0.4, -0.2) is 31.8 Å². The first kappa shape index (κ1) is 11.5. The smallest absolute Gasteiger partial charge is 0.206 e. The van der Waals surface area contributed by atoms with Gasteiger partial charge in [0, 0.05) is 11.8 Å². The molecular formula is C11H15N5O. The van der Waals surface area contributed by atoms with E-state index >= 15 is 0 Å². The minimum Gasteiger partial charge on any atom is -0.492 e. The van der Waals surface area contributed by atoms with Gasteiger partial charge in [0.15, 0.2) is 0 Å². The molecule has 0 bridgehead atoms. The van der Waals surface area contributed by atoms with Gasteiger partial charge < -0.3 is 4.74 Å². The zero-order valence-electron chi connectivity index (χ0n) is 10.00. The lowest BCUT2D eigenvalue weighted by Crippen LogP contribution is -1.97. The van der Waals surface area contributed by atoms with E-state index in [0.717, 1.165) is 24.2 Å². The molecule has 6 nitrogen and oxygen atoms in total. The maximum absolute atomic E-state index is 5.57. The molecule has 0 spiro atoms. The number of nitrogens with zero attached hydrogens (tertiary/aromatic N) is 5. The van der Waals surface area contributed by atoms with Gasteiger partial charge in [-0.3, -0.25) is 4.98 Å². The van der Waals surface area contributed by atoms with Crippen molar-refractivity contribution in [1.82, 2.24) is 25.2 Å². The molecule has 2 heterocycles. The fraction of sp³-hybridized carbons (Fsp3) is 0.455. The molecule has 2 aromatic heterocycles. The van der Waals surface area contributed by atoms with Gasteiger partial charge in [-0.15, -0.1) is 10.2 Å². The van der Waals surface area contributed by atoms with Gasteiger partial charge in [-0.05, 0) is 17.7 Å². The normalized spacial score (nSPS) is 10.5. The maximum atomic E-state index is 5.57. The lowest BCUT2D eigenvalue weighted by Gasteiger charge is -2.04. The molecule has 0 aliphatic carbocycles. The molecule has 0 radical (unpaired) electrons. The van der Waals surface area contributed by atoms with Crippen LogP contribution in [0, 0.1) is 0 Å². The number of hydrogen-bond donors (Lipinski definition) is 0. The molecule has 90 valence electrons. The van der Waals surface area contributed by atoms with Gasteiger partial charge >= 0.3 is 0 Å². The Kier molecular flexibility index (Phi) is 3.64. The second-order valence-corrected chi connectivity index (χ2v) is 3.71. The largest absolute Gasteiger partial charge is 0.492 e. The summed E-state index contributed by atoms with van der Waals surface area (Å²) in [5.74, 6) is 1.30. The molecule has 0 saturated heterocycles. The molecule has 2 aromatic rings. The SMILES string of the molecule is CCCCOc1cncc(-c2nnn(C)n2)c1. The third kappa shape index (κ3) is 2.99. The highest BCUT2D eigenvalue weighted by Gasteiger charge is 2.06. The van der Waals surface area contributed by atoms with Crippen molar-refractivity contribution in [2.45, 2.75) is 19.8 Å². The molecule has 17 heavy (non-hydrogen) atoms. The van der Waals surface area contributed by atoms with Crippen LogP contribution in [0.3, 0.4) is 0 Å². The number of tetrazole rings is 1. The average Bonchev–Trinajstić information content (AvgIpc) is 2.77. The molecule has 6 heteroatoms. The van der Waals surface area contributed by atoms with Gasteiger partial charge in [-0.2, -0.15) is 4.80 Å². The van der Waals surface area contributed by atoms with Crippen molar-refractivity contribution >= 4 is 0 Å². The van der Waals surface area contributed by atoms with Crippen LogP contribution in [0.2, 0.25) is 0 Å². The predicted molar refractivity (Wildman–Crippen MR) is 62.4 cm³/mol. The number of rotatable bonds is 5. The van der Waals surface area contributed by atoms with E-state index in [4.69, 9.17) is 4.74 Å². The van der Waals surface area contributed by atoms with Gasteiger partial charge in [0.25, 0.3) is 0 Å². The van der Waals surface area contributed by atoms with E-state index in [2.05, 4.69) is 27.3 Å². The first-order valence-corrected chi connectivity index (χ1v) is 5.62. The number of aromatic nitrogens is 5. The van der Waals surface area contributed by atoms with Crippen molar-refractivity contribution in [3.8, 4) is 17.1 Å². The molecule has 0 atom stereocenters. The van der Waals surface area contributed by atoms with Crippen LogP contribution in [0.15, 0.2) is 18.5 Å². The van der Waals surface area contributed by atoms with Crippen LogP contribution >= 0.6 is 0 Å². The van der Waals surface area contributed by atoms with Crippen molar-refractivity contribution in [2.75, 3.05) is 6.61 Å². The molecule has 0 saturated carbocycles. The van der Waals surface area contributed by atoms with Crippen molar-refractivity contribution in [3.05, 3.63) is 18.5 Å². The third-order valence-electron chi connectivity index (χ3n) is 2.25. The van der Waals surface area contributed by atoms with Crippen LogP contribution in [0.25, 0.3) is 11.4 Å². The van der Waals surface area contributed by atoms with E-state index in [0.29, 0.717) is 12.4 Å². The predicted octanol–water partition coefficient (Wildman–Crippen LogP) is 1.45. The van der Waals surface area contributed by atoms with Crippen molar-refractivity contribution in [3.63, 3.8) is 0 Å². The van der Waals surface area contributed by atoms with E-state index in [1.807, 2.05) is 6.07 Å². The Hall–Kier alpha value is -1.98. The lowest BCUT2D eigenvalue weighted by atomic mass is 10.2. The number of unbranched alkanes of at least 4 members (excludes halogenated alkanes) is 1. The number of ether oxygens (including phenoxy) is 1. The summed E-state index contributed by atoms with van der Waals surface area (Å²) in [5, 5.41) is 11.8. The Morgan fingerprint density at radius 1 is 1.35 bits per heavy atom. The van der Waals surface area contributed by atoms with Crippen LogP contribution in [0.5, 0.6) is 5.75 Å². The fourth-order valence-electron chi connectivity index (χ4n) is 1.35. The molecule has 2 rings (SSSR count). The Labute approximate surface area is 99.6 Å². The summed E-state index contributed by atoms with van der Waals surface area (Å²) in [7, 11) is 1.73. The summed E-state index contributed by atoms with van der Waals surface area (Å²) >= 11 is 0. The molecule has 0 N–H and O–H groups in total. The highest BCUT2D eigenvalue weighted by Crippen LogP contribution is 2.18. The molecular weight excluding hydrogens is 218 g/mol. The van der Waals surface area contributed by atoms with Crippen molar-refractivity contribution < 1.29 is 4.74 Å². The van der Waals surface area contributed by atoms with Gasteiger partial charge in [0.05, 0.1) is 19.9 Å². The summed E-state index contributed by atoms with van der Waals surface area (Å²) in [6.07, 6.45) is 5.53. The molecule has 0 fully saturated rings. The third-order valence-corrected chi connectivity index (χ3v) is 2.25. The minimum absolute atomic E-state index is 0.556. The summed E-state index contributed by atoms with van der Waals surface area (Å²) in [6.45, 7) is 2.83. The Morgan fingerprint density at radius 2 is 2.24 bits per heavy atom. The first-order valence-electron chi connectivity index (χ1n) is 5.62. The Morgan fingerprint density at radius 3 is 2.94 bits per heavy atom. The zero-order valence-corrected chi connectivity index (χ0v) is 10.00. The minimum atomic E-state index is 0.556. The molecule has 0 aliphatic rings. The Balaban J connectivity index is 2.11. The quantitative estimate of drug-likeness (QED) is 0.731. The number of hydrogen-bond acceptors (Lipinski definition) is 5. The van der Waals surface area contributed by atoms with Crippen LogP contribution in [0.1, 0.15) is 19.8 Å². The van der Waals surface area contributed by atoms with Crippen molar-refractivity contribution in [2.24, 2.45) is 7.05 Å². The monoisotopic (exact) mass is 233 g/mol. The topological polar surface area (TPSA) is 65.7 Å². The van der Waals surface area contributed by atoms with E-state index in [9.17, 15) is 0 Å². The van der Waals surface area contributed by atoms with Gasteiger partial charge in [0.1, 0.15) is 5.75 Å². The summed E-state index contributed by atoms with van der Waals surface area (Å²) in [4.78, 5) is 5.52. The maximum Gasteiger partial charge on any atom is 0.206 e. The second-order valence-electron chi connectivity index (χ2n) is 3.71. The molecule has 0 aliphatic heterocycles. The summed E-state index contributed by atoms with van der Waals surface area (Å²) < 4.78 is 5.57. The van der Waals surface area contributed by atoms with Crippen LogP contribution < -0.4 is 4.74 Å². The zero-order chi connectivity index (χ0) is 12.1. The average molecular weight is 233 g/mol. The summed E-state index contributed by atoms with van der Waals surface area (Å²) in [5.41, 5.74) is 0.812. The van der Waals surface area contributed by atoms with Crippen molar-refractivity contribution in [1.29, 1.82) is 0 Å². The number of aryl methyl sites for hydroxylation is 1.